The Morgan fingerprint density at radius 1 is 1.16 bits per heavy atom. The van der Waals surface area contributed by atoms with Crippen LogP contribution in [-0.2, 0) is 6.54 Å². The van der Waals surface area contributed by atoms with Gasteiger partial charge in [0.2, 0.25) is 0 Å². The minimum Gasteiger partial charge on any atom is -0.496 e. The molecule has 0 aliphatic rings. The minimum absolute atomic E-state index is 0.226. The van der Waals surface area contributed by atoms with Crippen LogP contribution in [0.15, 0.2) is 58.7 Å². The number of aromatic nitrogens is 3. The quantitative estimate of drug-likeness (QED) is 0.460. The van der Waals surface area contributed by atoms with E-state index >= 15 is 0 Å². The average molecular weight is 453 g/mol. The van der Waals surface area contributed by atoms with E-state index in [0.29, 0.717) is 17.0 Å². The lowest BCUT2D eigenvalue weighted by Crippen LogP contribution is -2.32. The maximum atomic E-state index is 12.4. The summed E-state index contributed by atoms with van der Waals surface area (Å²) in [6.45, 7) is 2.45. The lowest BCUT2D eigenvalue weighted by molar-refractivity contribution is 0.0948. The Morgan fingerprint density at radius 2 is 2.00 bits per heavy atom. The van der Waals surface area contributed by atoms with Crippen LogP contribution in [0.25, 0.3) is 20.5 Å². The molecule has 1 aromatic carbocycles. The predicted octanol–water partition coefficient (Wildman–Crippen LogP) is 3.84. The molecule has 0 unspecified atom stereocenters. The number of benzene rings is 1. The summed E-state index contributed by atoms with van der Waals surface area (Å²) in [5.74, 6) is 0.236. The van der Waals surface area contributed by atoms with Gasteiger partial charge in [-0.15, -0.1) is 22.7 Å². The highest BCUT2D eigenvalue weighted by molar-refractivity contribution is 7.23. The number of amides is 1. The predicted molar refractivity (Wildman–Crippen MR) is 123 cm³/mol. The summed E-state index contributed by atoms with van der Waals surface area (Å²) >= 11 is 3.19. The molecule has 9 heteroatoms. The minimum atomic E-state index is -0.263. The second-order valence-corrected chi connectivity index (χ2v) is 8.59. The first-order valence-corrected chi connectivity index (χ1v) is 11.3. The van der Waals surface area contributed by atoms with Crippen molar-refractivity contribution in [3.63, 3.8) is 0 Å². The van der Waals surface area contributed by atoms with Gasteiger partial charge in [-0.3, -0.25) is 9.59 Å². The van der Waals surface area contributed by atoms with E-state index in [-0.39, 0.29) is 24.6 Å². The number of methoxy groups -OCH3 is 1. The van der Waals surface area contributed by atoms with Crippen LogP contribution in [0.3, 0.4) is 0 Å². The largest absolute Gasteiger partial charge is 0.496 e. The molecule has 1 N–H and O–H groups in total. The van der Waals surface area contributed by atoms with Crippen molar-refractivity contribution in [2.75, 3.05) is 13.7 Å². The summed E-state index contributed by atoms with van der Waals surface area (Å²) in [5, 5.41) is 10.3. The van der Waals surface area contributed by atoms with Gasteiger partial charge in [-0.1, -0.05) is 18.2 Å². The summed E-state index contributed by atoms with van der Waals surface area (Å²) in [6.07, 6.45) is 0. The fraction of sp³-hybridized carbons (Fsp3) is 0.182. The molecule has 0 saturated carbocycles. The second-order valence-electron chi connectivity index (χ2n) is 6.65. The van der Waals surface area contributed by atoms with Gasteiger partial charge in [0.1, 0.15) is 16.5 Å². The Kier molecular flexibility index (Phi) is 6.24. The zero-order valence-electron chi connectivity index (χ0n) is 17.0. The lowest BCUT2D eigenvalue weighted by Gasteiger charge is -2.10. The Morgan fingerprint density at radius 3 is 2.77 bits per heavy atom. The van der Waals surface area contributed by atoms with Gasteiger partial charge in [0.15, 0.2) is 0 Å². The van der Waals surface area contributed by atoms with Crippen molar-refractivity contribution in [3.8, 4) is 26.2 Å². The van der Waals surface area contributed by atoms with Crippen molar-refractivity contribution in [1.82, 2.24) is 20.1 Å². The number of hydrogen-bond acceptors (Lipinski definition) is 7. The summed E-state index contributed by atoms with van der Waals surface area (Å²) in [6, 6.07) is 14.2. The number of carbonyl (C=O) groups is 1. The first kappa shape index (κ1) is 21.0. The van der Waals surface area contributed by atoms with Gasteiger partial charge in [-0.05, 0) is 36.6 Å². The molecule has 0 fully saturated rings. The van der Waals surface area contributed by atoms with Crippen molar-refractivity contribution >= 4 is 28.6 Å². The molecule has 4 rings (SSSR count). The summed E-state index contributed by atoms with van der Waals surface area (Å²) in [5.41, 5.74) is 1.78. The van der Waals surface area contributed by atoms with Crippen molar-refractivity contribution < 1.29 is 9.53 Å². The maximum Gasteiger partial charge on any atom is 0.266 e. The van der Waals surface area contributed by atoms with E-state index in [0.717, 1.165) is 20.5 Å². The van der Waals surface area contributed by atoms with Gasteiger partial charge in [0.05, 0.1) is 34.7 Å². The summed E-state index contributed by atoms with van der Waals surface area (Å²) in [7, 11) is 1.52. The fourth-order valence-electron chi connectivity index (χ4n) is 3.07. The molecular formula is C22H20N4O3S2. The zero-order chi connectivity index (χ0) is 21.8. The van der Waals surface area contributed by atoms with Gasteiger partial charge in [0, 0.05) is 12.6 Å². The molecule has 0 aliphatic heterocycles. The highest BCUT2D eigenvalue weighted by atomic mass is 32.1. The van der Waals surface area contributed by atoms with Crippen LogP contribution in [0.1, 0.15) is 16.1 Å². The highest BCUT2D eigenvalue weighted by Gasteiger charge is 2.15. The third kappa shape index (κ3) is 4.57. The number of rotatable bonds is 7. The number of aryl methyl sites for hydroxylation is 1. The topological polar surface area (TPSA) is 86.1 Å². The van der Waals surface area contributed by atoms with Gasteiger partial charge in [-0.25, -0.2) is 9.67 Å². The number of thiazole rings is 1. The summed E-state index contributed by atoms with van der Waals surface area (Å²) < 4.78 is 6.59. The van der Waals surface area contributed by atoms with Crippen LogP contribution in [0, 0.1) is 6.92 Å². The van der Waals surface area contributed by atoms with Crippen molar-refractivity contribution in [2.45, 2.75) is 13.5 Å². The van der Waals surface area contributed by atoms with Gasteiger partial charge in [-0.2, -0.15) is 5.10 Å². The number of nitrogens with one attached hydrogen (secondary N) is 1. The smallest absolute Gasteiger partial charge is 0.266 e. The molecule has 0 atom stereocenters. The number of ether oxygens (including phenoxy) is 1. The van der Waals surface area contributed by atoms with Crippen molar-refractivity contribution in [1.29, 1.82) is 0 Å². The van der Waals surface area contributed by atoms with Crippen LogP contribution in [-0.4, -0.2) is 34.3 Å². The third-order valence-corrected chi connectivity index (χ3v) is 6.81. The Balaban J connectivity index is 1.49. The van der Waals surface area contributed by atoms with E-state index in [1.54, 1.807) is 53.0 Å². The van der Waals surface area contributed by atoms with Crippen LogP contribution in [0.2, 0.25) is 0 Å². The normalized spacial score (nSPS) is 10.8. The third-order valence-electron chi connectivity index (χ3n) is 4.59. The molecule has 0 spiro atoms. The molecule has 0 radical (unpaired) electrons. The molecule has 0 bridgehead atoms. The van der Waals surface area contributed by atoms with Crippen LogP contribution < -0.4 is 15.6 Å². The molecule has 0 aliphatic carbocycles. The fourth-order valence-corrected chi connectivity index (χ4v) is 4.90. The second kappa shape index (κ2) is 9.23. The van der Waals surface area contributed by atoms with Gasteiger partial charge >= 0.3 is 0 Å². The van der Waals surface area contributed by atoms with E-state index in [4.69, 9.17) is 4.74 Å². The Labute approximate surface area is 187 Å². The average Bonchev–Trinajstić information content (AvgIpc) is 3.45. The lowest BCUT2D eigenvalue weighted by atomic mass is 10.2. The SMILES string of the molecule is COc1ccccc1C(=O)NCCn1nc(-c2sc(-c3cccs3)nc2C)ccc1=O. The molecule has 3 aromatic heterocycles. The van der Waals surface area contributed by atoms with E-state index in [2.05, 4.69) is 15.4 Å². The van der Waals surface area contributed by atoms with Gasteiger partial charge < -0.3 is 10.1 Å². The molecule has 1 amide bonds. The Hall–Kier alpha value is -3.30. The first-order chi connectivity index (χ1) is 15.1. The zero-order valence-corrected chi connectivity index (χ0v) is 18.6. The number of para-hydroxylation sites is 1. The molecule has 158 valence electrons. The standard InChI is InChI=1S/C22H20N4O3S2/c1-14-20(31-22(24-14)18-8-5-13-30-18)16-9-10-19(27)26(25-16)12-11-23-21(28)15-6-3-4-7-17(15)29-2/h3-10,13H,11-12H2,1-2H3,(H,23,28). The maximum absolute atomic E-state index is 12.4. The van der Waals surface area contributed by atoms with E-state index in [1.807, 2.05) is 24.4 Å². The molecular weight excluding hydrogens is 432 g/mol. The molecule has 3 heterocycles. The molecule has 4 aromatic rings. The monoisotopic (exact) mass is 452 g/mol. The first-order valence-electron chi connectivity index (χ1n) is 9.58. The van der Waals surface area contributed by atoms with Crippen LogP contribution in [0.5, 0.6) is 5.75 Å². The van der Waals surface area contributed by atoms with Crippen LogP contribution >= 0.6 is 22.7 Å². The van der Waals surface area contributed by atoms with Crippen molar-refractivity contribution in [3.05, 3.63) is 75.5 Å². The molecule has 7 nitrogen and oxygen atoms in total. The van der Waals surface area contributed by atoms with Crippen molar-refractivity contribution in [2.24, 2.45) is 0 Å². The number of nitrogens with zero attached hydrogens (tertiary/aromatic N) is 3. The van der Waals surface area contributed by atoms with Crippen LogP contribution in [0.4, 0.5) is 0 Å². The number of carbonyl (C=O) groups excluding carboxylic acids is 1. The van der Waals surface area contributed by atoms with E-state index in [9.17, 15) is 9.59 Å². The van der Waals surface area contributed by atoms with E-state index < -0.39 is 0 Å². The highest BCUT2D eigenvalue weighted by Crippen LogP contribution is 2.35. The van der Waals surface area contributed by atoms with Gasteiger partial charge in [0.25, 0.3) is 11.5 Å². The number of thiophene rings is 1. The van der Waals surface area contributed by atoms with E-state index in [1.165, 1.54) is 17.9 Å². The Bertz CT molecular complexity index is 1260. The summed E-state index contributed by atoms with van der Waals surface area (Å²) in [4.78, 5) is 31.4. The molecule has 0 saturated heterocycles. The number of hydrogen-bond donors (Lipinski definition) is 1. The molecule has 31 heavy (non-hydrogen) atoms.